The summed E-state index contributed by atoms with van der Waals surface area (Å²) in [4.78, 5) is 15.6. The third-order valence-corrected chi connectivity index (χ3v) is 4.82. The van der Waals surface area contributed by atoms with Gasteiger partial charge < -0.3 is 33.2 Å². The molecule has 2 atom stereocenters. The first-order valence-electron chi connectivity index (χ1n) is 10.0. The number of nitrogens with one attached hydrogen (secondary N) is 1. The van der Waals surface area contributed by atoms with Gasteiger partial charge in [0.05, 0.1) is 20.4 Å². The van der Waals surface area contributed by atoms with Crippen molar-refractivity contribution >= 4 is 17.6 Å². The van der Waals surface area contributed by atoms with E-state index in [0.717, 1.165) is 5.57 Å². The van der Waals surface area contributed by atoms with E-state index in [1.807, 2.05) is 6.08 Å². The monoisotopic (exact) mass is 464 g/mol. The number of rotatable bonds is 11. The lowest BCUT2D eigenvalue weighted by Crippen LogP contribution is -2.37. The fourth-order valence-corrected chi connectivity index (χ4v) is 2.99. The van der Waals surface area contributed by atoms with E-state index in [9.17, 15) is 4.79 Å². The summed E-state index contributed by atoms with van der Waals surface area (Å²) >= 11 is 0. The van der Waals surface area contributed by atoms with Gasteiger partial charge >= 0.3 is 6.09 Å². The Morgan fingerprint density at radius 3 is 2.79 bits per heavy atom. The highest BCUT2D eigenvalue weighted by atomic mass is 16.8. The first-order chi connectivity index (χ1) is 15.9. The number of amides is 1. The average molecular weight is 464 g/mol. The maximum Gasteiger partial charge on any atom is 0.412 e. The van der Waals surface area contributed by atoms with Gasteiger partial charge in [0.25, 0.3) is 0 Å². The molecular formula is C21H28N4O8. The van der Waals surface area contributed by atoms with Crippen molar-refractivity contribution in [1.82, 2.24) is 14.6 Å². The van der Waals surface area contributed by atoms with Crippen LogP contribution in [0.15, 0.2) is 41.8 Å². The van der Waals surface area contributed by atoms with Gasteiger partial charge in [-0.1, -0.05) is 0 Å². The van der Waals surface area contributed by atoms with Crippen molar-refractivity contribution < 1.29 is 38.0 Å². The number of aromatic nitrogens is 3. The van der Waals surface area contributed by atoms with E-state index >= 15 is 0 Å². The summed E-state index contributed by atoms with van der Waals surface area (Å²) in [5.74, 6) is 0.157. The highest BCUT2D eigenvalue weighted by molar-refractivity contribution is 5.83. The Bertz CT molecular complexity index is 1020. The SMILES string of the molecule is COC(=O)Nc1cn2nc(OCC3=CC(OC)=CC(OC)(OCOC(C)OC)C3)ccc2n1. The van der Waals surface area contributed by atoms with Crippen molar-refractivity contribution in [2.75, 3.05) is 47.2 Å². The lowest BCUT2D eigenvalue weighted by molar-refractivity contribution is -0.264. The topological polar surface area (TPSA) is 124 Å². The van der Waals surface area contributed by atoms with Crippen LogP contribution in [0.25, 0.3) is 5.65 Å². The average Bonchev–Trinajstić information content (AvgIpc) is 3.23. The lowest BCUT2D eigenvalue weighted by Gasteiger charge is -2.33. The van der Waals surface area contributed by atoms with Crippen LogP contribution < -0.4 is 10.1 Å². The summed E-state index contributed by atoms with van der Waals surface area (Å²) in [5.41, 5.74) is 1.39. The zero-order chi connectivity index (χ0) is 23.8. The molecule has 1 N–H and O–H groups in total. The van der Waals surface area contributed by atoms with Crippen LogP contribution in [0.4, 0.5) is 10.6 Å². The molecule has 0 radical (unpaired) electrons. The molecule has 2 aromatic rings. The molecule has 0 aliphatic heterocycles. The zero-order valence-electron chi connectivity index (χ0n) is 19.2. The Morgan fingerprint density at radius 1 is 1.27 bits per heavy atom. The van der Waals surface area contributed by atoms with E-state index in [1.165, 1.54) is 11.6 Å². The zero-order valence-corrected chi connectivity index (χ0v) is 19.2. The fourth-order valence-electron chi connectivity index (χ4n) is 2.99. The molecule has 2 heterocycles. The molecule has 12 nitrogen and oxygen atoms in total. The van der Waals surface area contributed by atoms with Crippen LogP contribution in [0, 0.1) is 0 Å². The molecule has 0 saturated carbocycles. The third kappa shape index (κ3) is 6.42. The number of hydrogen-bond donors (Lipinski definition) is 1. The lowest BCUT2D eigenvalue weighted by atomic mass is 9.98. The predicted octanol–water partition coefficient (Wildman–Crippen LogP) is 2.47. The maximum absolute atomic E-state index is 11.4. The number of methoxy groups -OCH3 is 4. The predicted molar refractivity (Wildman–Crippen MR) is 116 cm³/mol. The number of hydrogen-bond acceptors (Lipinski definition) is 10. The van der Waals surface area contributed by atoms with Gasteiger partial charge in [-0.05, 0) is 24.6 Å². The minimum absolute atomic E-state index is 0.0364. The second kappa shape index (κ2) is 11.1. The van der Waals surface area contributed by atoms with Crippen LogP contribution in [0.1, 0.15) is 13.3 Å². The van der Waals surface area contributed by atoms with Crippen molar-refractivity contribution in [3.8, 4) is 5.88 Å². The molecule has 2 aromatic heterocycles. The van der Waals surface area contributed by atoms with Gasteiger partial charge in [0.2, 0.25) is 5.88 Å². The van der Waals surface area contributed by atoms with Crippen LogP contribution in [0.5, 0.6) is 5.88 Å². The second-order valence-corrected chi connectivity index (χ2v) is 6.98. The number of anilines is 1. The van der Waals surface area contributed by atoms with Crippen LogP contribution >= 0.6 is 0 Å². The van der Waals surface area contributed by atoms with Crippen molar-refractivity contribution in [3.05, 3.63) is 41.8 Å². The largest absolute Gasteiger partial charge is 0.497 e. The summed E-state index contributed by atoms with van der Waals surface area (Å²) in [6, 6.07) is 3.40. The van der Waals surface area contributed by atoms with Crippen LogP contribution in [-0.2, 0) is 28.4 Å². The van der Waals surface area contributed by atoms with Gasteiger partial charge in [-0.25, -0.2) is 14.3 Å². The van der Waals surface area contributed by atoms with Gasteiger partial charge in [-0.2, -0.15) is 0 Å². The summed E-state index contributed by atoms with van der Waals surface area (Å²) < 4.78 is 39.3. The number of ether oxygens (including phenoxy) is 7. The molecular weight excluding hydrogens is 436 g/mol. The van der Waals surface area contributed by atoms with E-state index in [4.69, 9.17) is 28.4 Å². The molecule has 12 heteroatoms. The van der Waals surface area contributed by atoms with Crippen molar-refractivity contribution in [1.29, 1.82) is 0 Å². The Kier molecular flexibility index (Phi) is 8.22. The molecule has 0 saturated heterocycles. The molecule has 3 rings (SSSR count). The molecule has 1 amide bonds. The molecule has 0 fully saturated rings. The molecule has 0 aromatic carbocycles. The molecule has 1 aliphatic carbocycles. The first-order valence-corrected chi connectivity index (χ1v) is 10.0. The van der Waals surface area contributed by atoms with Crippen LogP contribution in [0.2, 0.25) is 0 Å². The van der Waals surface area contributed by atoms with E-state index in [-0.39, 0.29) is 13.4 Å². The van der Waals surface area contributed by atoms with Crippen molar-refractivity contribution in [3.63, 3.8) is 0 Å². The number of fused-ring (bicyclic) bond motifs is 1. The van der Waals surface area contributed by atoms with Crippen molar-refractivity contribution in [2.24, 2.45) is 0 Å². The highest BCUT2D eigenvalue weighted by Crippen LogP contribution is 2.31. The minimum Gasteiger partial charge on any atom is -0.497 e. The Balaban J connectivity index is 1.66. The first kappa shape index (κ1) is 24.5. The van der Waals surface area contributed by atoms with Gasteiger partial charge in [0, 0.05) is 32.8 Å². The van der Waals surface area contributed by atoms with Gasteiger partial charge in [0.15, 0.2) is 30.3 Å². The maximum atomic E-state index is 11.4. The molecule has 1 aliphatic rings. The van der Waals surface area contributed by atoms with E-state index < -0.39 is 18.2 Å². The van der Waals surface area contributed by atoms with E-state index in [2.05, 4.69) is 20.1 Å². The second-order valence-electron chi connectivity index (χ2n) is 6.98. The van der Waals surface area contributed by atoms with Crippen LogP contribution in [-0.4, -0.2) is 74.6 Å². The van der Waals surface area contributed by atoms with Gasteiger partial charge in [-0.15, -0.1) is 5.10 Å². The minimum atomic E-state index is -1.08. The number of carbonyl (C=O) groups is 1. The van der Waals surface area contributed by atoms with Gasteiger partial charge in [0.1, 0.15) is 12.4 Å². The number of nitrogens with zero attached hydrogens (tertiary/aromatic N) is 3. The smallest absolute Gasteiger partial charge is 0.412 e. The molecule has 0 spiro atoms. The number of allylic oxidation sites excluding steroid dienone is 1. The quantitative estimate of drug-likeness (QED) is 0.496. The summed E-state index contributed by atoms with van der Waals surface area (Å²) in [6.07, 6.45) is 4.50. The standard InChI is InChI=1S/C21H28N4O8/c1-14(27-2)32-13-33-21(30-5)9-15(8-16(10-21)28-3)12-31-19-7-6-18-22-17(11-25(18)24-19)23-20(26)29-4/h6-8,10-11,14H,9,12-13H2,1-5H3,(H,23,26). The Hall–Kier alpha value is -3.19. The van der Waals surface area contributed by atoms with E-state index in [0.29, 0.717) is 29.5 Å². The molecule has 2 unspecified atom stereocenters. The van der Waals surface area contributed by atoms with E-state index in [1.54, 1.807) is 52.7 Å². The summed E-state index contributed by atoms with van der Waals surface area (Å²) in [6.45, 7) is 1.94. The number of imidazole rings is 1. The summed E-state index contributed by atoms with van der Waals surface area (Å²) in [5, 5.41) is 6.85. The molecule has 0 bridgehead atoms. The fraction of sp³-hybridized carbons (Fsp3) is 0.476. The van der Waals surface area contributed by atoms with Gasteiger partial charge in [-0.3, -0.25) is 5.32 Å². The van der Waals surface area contributed by atoms with Crippen LogP contribution in [0.3, 0.4) is 0 Å². The third-order valence-electron chi connectivity index (χ3n) is 4.82. The Morgan fingerprint density at radius 2 is 2.09 bits per heavy atom. The van der Waals surface area contributed by atoms with Crippen molar-refractivity contribution in [2.45, 2.75) is 25.4 Å². The highest BCUT2D eigenvalue weighted by Gasteiger charge is 2.34. The summed E-state index contributed by atoms with van der Waals surface area (Å²) in [7, 11) is 5.92. The Labute approximate surface area is 191 Å². The molecule has 180 valence electrons. The normalized spacial score (nSPS) is 18.9. The molecule has 33 heavy (non-hydrogen) atoms. The number of carbonyl (C=O) groups excluding carboxylic acids is 1.